The molecule has 0 fully saturated rings. The van der Waals surface area contributed by atoms with Gasteiger partial charge in [0.2, 0.25) is 0 Å². The summed E-state index contributed by atoms with van der Waals surface area (Å²) in [5.74, 6) is 2.40. The second kappa shape index (κ2) is 14.1. The van der Waals surface area contributed by atoms with Crippen LogP contribution in [0.25, 0.3) is 127 Å². The molecule has 0 saturated carbocycles. The van der Waals surface area contributed by atoms with Crippen molar-refractivity contribution >= 4 is 75.4 Å². The highest BCUT2D eigenvalue weighted by Gasteiger charge is 2.24. The number of aromatic nitrogens is 6. The molecule has 0 spiro atoms. The van der Waals surface area contributed by atoms with E-state index in [9.17, 15) is 0 Å². The van der Waals surface area contributed by atoms with Gasteiger partial charge in [0.25, 0.3) is 0 Å². The largest absolute Gasteiger partial charge is 0.456 e. The molecule has 0 unspecified atom stereocenters. The topological polar surface area (TPSA) is 82.5 Å². The van der Waals surface area contributed by atoms with Gasteiger partial charge in [0, 0.05) is 65.1 Å². The van der Waals surface area contributed by atoms with Gasteiger partial charge in [-0.15, -0.1) is 11.3 Å². The molecule has 13 aromatic rings. The number of para-hydroxylation sites is 2. The zero-order valence-electron chi connectivity index (χ0n) is 33.5. The first-order valence-electron chi connectivity index (χ1n) is 20.8. The molecule has 5 aromatic heterocycles. The van der Waals surface area contributed by atoms with Crippen molar-refractivity contribution in [2.45, 2.75) is 0 Å². The normalized spacial score (nSPS) is 11.8. The molecule has 0 N–H and O–H groups in total. The van der Waals surface area contributed by atoms with Crippen LogP contribution in [0.2, 0.25) is 0 Å². The SMILES string of the molecule is c1ccc(-c2nc(-c3ccccc3)nc(-c3cccc4oc5cccc(-c6nc(-c7ccc8c9ccccc9n(-c9ccccc9)c8c7)nc7c6sc6ccccc67)c5c34)n2)cc1. The quantitative estimate of drug-likeness (QED) is 0.166. The summed E-state index contributed by atoms with van der Waals surface area (Å²) in [5.41, 5.74) is 11.1. The summed E-state index contributed by atoms with van der Waals surface area (Å²) < 4.78 is 11.2. The van der Waals surface area contributed by atoms with E-state index in [1.165, 1.54) is 10.8 Å². The monoisotopic (exact) mass is 824 g/mol. The summed E-state index contributed by atoms with van der Waals surface area (Å²) in [7, 11) is 0. The van der Waals surface area contributed by atoms with Crippen LogP contribution < -0.4 is 0 Å². The molecule has 0 aliphatic rings. The molecule has 0 amide bonds. The molecule has 8 heteroatoms. The van der Waals surface area contributed by atoms with E-state index in [1.807, 2.05) is 78.9 Å². The van der Waals surface area contributed by atoms with E-state index in [2.05, 4.69) is 120 Å². The Bertz CT molecular complexity index is 3860. The number of hydrogen-bond acceptors (Lipinski definition) is 7. The number of furan rings is 1. The molecule has 5 heterocycles. The maximum absolute atomic E-state index is 6.71. The van der Waals surface area contributed by atoms with Crippen molar-refractivity contribution in [1.82, 2.24) is 29.5 Å². The van der Waals surface area contributed by atoms with Crippen LogP contribution in [0.5, 0.6) is 0 Å². The second-order valence-electron chi connectivity index (χ2n) is 15.6. The first-order chi connectivity index (χ1) is 31.2. The van der Waals surface area contributed by atoms with Gasteiger partial charge < -0.3 is 8.98 Å². The Balaban J connectivity index is 1.08. The van der Waals surface area contributed by atoms with Gasteiger partial charge in [-0.2, -0.15) is 0 Å². The van der Waals surface area contributed by atoms with E-state index < -0.39 is 0 Å². The number of thiophene rings is 1. The second-order valence-corrected chi connectivity index (χ2v) is 16.6. The van der Waals surface area contributed by atoms with Gasteiger partial charge in [0.05, 0.1) is 26.9 Å². The number of nitrogens with zero attached hydrogens (tertiary/aromatic N) is 6. The average Bonchev–Trinajstić information content (AvgIpc) is 4.04. The van der Waals surface area contributed by atoms with Gasteiger partial charge in [-0.05, 0) is 42.5 Å². The van der Waals surface area contributed by atoms with Crippen molar-refractivity contribution in [2.75, 3.05) is 0 Å². The van der Waals surface area contributed by atoms with Crippen LogP contribution in [-0.4, -0.2) is 29.5 Å². The zero-order valence-corrected chi connectivity index (χ0v) is 34.3. The lowest BCUT2D eigenvalue weighted by Crippen LogP contribution is -2.00. The molecule has 294 valence electrons. The average molecular weight is 825 g/mol. The summed E-state index contributed by atoms with van der Waals surface area (Å²) >= 11 is 1.72. The Morgan fingerprint density at radius 3 is 1.70 bits per heavy atom. The highest BCUT2D eigenvalue weighted by molar-refractivity contribution is 7.26. The smallest absolute Gasteiger partial charge is 0.164 e. The highest BCUT2D eigenvalue weighted by atomic mass is 32.1. The first kappa shape index (κ1) is 35.4. The standard InChI is InChI=1S/C55H32N6OS/c1-4-16-33(17-5-1)52-58-53(34-18-6-2-7-19-34)60-55(59-52)41-25-15-28-45-48(41)47-40(24-14-27-44(47)62-45)50-51-49(39-23-11-13-29-46(39)63-51)56-54(57-50)35-30-31-38-37-22-10-12-26-42(37)61(43(38)32-35)36-20-8-3-9-21-36/h1-32H. The number of fused-ring (bicyclic) bond motifs is 9. The third kappa shape index (κ3) is 5.69. The Labute approximate surface area is 364 Å². The summed E-state index contributed by atoms with van der Waals surface area (Å²) in [5, 5.41) is 5.32. The van der Waals surface area contributed by atoms with Crippen molar-refractivity contribution in [3.63, 3.8) is 0 Å². The van der Waals surface area contributed by atoms with E-state index in [1.54, 1.807) is 11.3 Å². The molecule has 0 bridgehead atoms. The minimum Gasteiger partial charge on any atom is -0.456 e. The molecule has 0 radical (unpaired) electrons. The number of benzene rings is 8. The Kier molecular flexibility index (Phi) is 7.94. The van der Waals surface area contributed by atoms with Crippen molar-refractivity contribution in [3.8, 4) is 62.5 Å². The molecule has 8 aromatic carbocycles. The van der Waals surface area contributed by atoms with Crippen LogP contribution in [0.1, 0.15) is 0 Å². The van der Waals surface area contributed by atoms with Gasteiger partial charge in [0.15, 0.2) is 23.3 Å². The Morgan fingerprint density at radius 2 is 0.968 bits per heavy atom. The molecule has 0 saturated heterocycles. The maximum Gasteiger partial charge on any atom is 0.164 e. The number of hydrogen-bond donors (Lipinski definition) is 0. The van der Waals surface area contributed by atoms with Crippen molar-refractivity contribution in [1.29, 1.82) is 0 Å². The highest BCUT2D eigenvalue weighted by Crippen LogP contribution is 2.46. The van der Waals surface area contributed by atoms with Crippen LogP contribution >= 0.6 is 11.3 Å². The fourth-order valence-corrected chi connectivity index (χ4v) is 10.2. The fourth-order valence-electron chi connectivity index (χ4n) is 9.05. The summed E-state index contributed by atoms with van der Waals surface area (Å²) in [6, 6.07) is 66.7. The number of rotatable bonds is 6. The molecule has 0 atom stereocenters. The molecule has 13 rings (SSSR count). The lowest BCUT2D eigenvalue weighted by Gasteiger charge is -2.11. The van der Waals surface area contributed by atoms with Gasteiger partial charge in [0.1, 0.15) is 11.2 Å². The van der Waals surface area contributed by atoms with E-state index in [0.29, 0.717) is 23.3 Å². The third-order valence-electron chi connectivity index (χ3n) is 11.9. The van der Waals surface area contributed by atoms with Crippen molar-refractivity contribution < 1.29 is 4.42 Å². The van der Waals surface area contributed by atoms with Crippen molar-refractivity contribution in [2.24, 2.45) is 0 Å². The predicted octanol–water partition coefficient (Wildman–Crippen LogP) is 14.4. The van der Waals surface area contributed by atoms with Gasteiger partial charge in [-0.25, -0.2) is 24.9 Å². The molecule has 7 nitrogen and oxygen atoms in total. The van der Waals surface area contributed by atoms with E-state index in [0.717, 1.165) is 92.5 Å². The van der Waals surface area contributed by atoms with Crippen LogP contribution in [0.15, 0.2) is 199 Å². The van der Waals surface area contributed by atoms with E-state index >= 15 is 0 Å². The zero-order chi connectivity index (χ0) is 41.4. The molecule has 0 aliphatic carbocycles. The minimum atomic E-state index is 0.559. The molecule has 63 heavy (non-hydrogen) atoms. The molecular formula is C55H32N6OS. The van der Waals surface area contributed by atoms with E-state index in [4.69, 9.17) is 29.3 Å². The summed E-state index contributed by atoms with van der Waals surface area (Å²) in [6.45, 7) is 0. The minimum absolute atomic E-state index is 0.559. The third-order valence-corrected chi connectivity index (χ3v) is 13.1. The Morgan fingerprint density at radius 1 is 0.397 bits per heavy atom. The van der Waals surface area contributed by atoms with Crippen LogP contribution in [-0.2, 0) is 0 Å². The van der Waals surface area contributed by atoms with E-state index in [-0.39, 0.29) is 0 Å². The van der Waals surface area contributed by atoms with Crippen molar-refractivity contribution in [3.05, 3.63) is 194 Å². The first-order valence-corrected chi connectivity index (χ1v) is 21.7. The lowest BCUT2D eigenvalue weighted by atomic mass is 9.99. The molecular weight excluding hydrogens is 793 g/mol. The predicted molar refractivity (Wildman–Crippen MR) is 257 cm³/mol. The van der Waals surface area contributed by atoms with Gasteiger partial charge >= 0.3 is 0 Å². The van der Waals surface area contributed by atoms with Crippen LogP contribution in [0, 0.1) is 0 Å². The van der Waals surface area contributed by atoms with Crippen LogP contribution in [0.3, 0.4) is 0 Å². The van der Waals surface area contributed by atoms with Gasteiger partial charge in [-0.1, -0.05) is 152 Å². The Hall–Kier alpha value is -8.33. The molecule has 0 aliphatic heterocycles. The van der Waals surface area contributed by atoms with Gasteiger partial charge in [-0.3, -0.25) is 0 Å². The lowest BCUT2D eigenvalue weighted by molar-refractivity contribution is 0.669. The fraction of sp³-hybridized carbons (Fsp3) is 0. The van der Waals surface area contributed by atoms with Crippen LogP contribution in [0.4, 0.5) is 0 Å². The summed E-state index contributed by atoms with van der Waals surface area (Å²) in [6.07, 6.45) is 0. The maximum atomic E-state index is 6.71. The summed E-state index contributed by atoms with van der Waals surface area (Å²) in [4.78, 5) is 26.2.